The van der Waals surface area contributed by atoms with E-state index in [1.807, 2.05) is 18.3 Å². The summed E-state index contributed by atoms with van der Waals surface area (Å²) in [6, 6.07) is 66.8. The summed E-state index contributed by atoms with van der Waals surface area (Å²) in [5.41, 5.74) is 12.7. The lowest BCUT2D eigenvalue weighted by atomic mass is 9.90. The van der Waals surface area contributed by atoms with Crippen molar-refractivity contribution in [1.82, 2.24) is 4.98 Å². The molecule has 2 heterocycles. The van der Waals surface area contributed by atoms with Gasteiger partial charge in [-0.3, -0.25) is 4.98 Å². The van der Waals surface area contributed by atoms with Crippen LogP contribution in [0.2, 0.25) is 0 Å². The van der Waals surface area contributed by atoms with Crippen LogP contribution in [-0.4, -0.2) is 4.98 Å². The quantitative estimate of drug-likeness (QED) is 0.177. The monoisotopic (exact) mass is 664 g/mol. The summed E-state index contributed by atoms with van der Waals surface area (Å²) in [5.74, 6) is 0. The fourth-order valence-electron chi connectivity index (χ4n) is 7.59. The summed E-state index contributed by atoms with van der Waals surface area (Å²) >= 11 is 0. The number of aromatic nitrogens is 1. The summed E-state index contributed by atoms with van der Waals surface area (Å²) in [5, 5.41) is 5.64. The molecule has 0 aliphatic carbocycles. The summed E-state index contributed by atoms with van der Waals surface area (Å²) in [7, 11) is 0. The third-order valence-electron chi connectivity index (χ3n) is 10.1. The van der Waals surface area contributed by atoms with Crippen molar-refractivity contribution in [3.05, 3.63) is 194 Å². The topological polar surface area (TPSA) is 29.3 Å². The van der Waals surface area contributed by atoms with E-state index in [9.17, 15) is 0 Å². The van der Waals surface area contributed by atoms with Gasteiger partial charge in [0.1, 0.15) is 11.1 Å². The molecule has 3 heteroatoms. The first-order chi connectivity index (χ1) is 25.8. The van der Waals surface area contributed by atoms with Crippen LogP contribution in [0.25, 0.3) is 77.0 Å². The van der Waals surface area contributed by atoms with Crippen LogP contribution in [0.15, 0.2) is 199 Å². The molecule has 2 aromatic heterocycles. The number of rotatable bonds is 6. The summed E-state index contributed by atoms with van der Waals surface area (Å²) < 4.78 is 6.37. The highest BCUT2D eigenvalue weighted by atomic mass is 16.3. The molecule has 0 radical (unpaired) electrons. The first-order valence-corrected chi connectivity index (χ1v) is 17.6. The maximum Gasteiger partial charge on any atom is 0.161 e. The standard InChI is InChI=1S/C49H32N2O/c1-3-12-33(13-4-1)34-22-25-38(26-23-34)51(40-30-37-24-28-45-44-19-9-10-21-47(44)52-49(45)48(37)50-32-40)39-27-29-42(35-14-5-2-6-15-35)46(31-39)43-20-11-17-36-16-7-8-18-41(36)43/h1-32H. The molecule has 8 aromatic carbocycles. The Balaban J connectivity index is 1.19. The highest BCUT2D eigenvalue weighted by molar-refractivity contribution is 6.14. The van der Waals surface area contributed by atoms with E-state index in [-0.39, 0.29) is 0 Å². The van der Waals surface area contributed by atoms with Gasteiger partial charge in [-0.15, -0.1) is 0 Å². The number of hydrogen-bond acceptors (Lipinski definition) is 3. The van der Waals surface area contributed by atoms with Gasteiger partial charge in [-0.05, 0) is 86.6 Å². The Kier molecular flexibility index (Phi) is 7.14. The average molecular weight is 665 g/mol. The molecule has 0 fully saturated rings. The van der Waals surface area contributed by atoms with Gasteiger partial charge in [0.15, 0.2) is 5.58 Å². The number of fused-ring (bicyclic) bond motifs is 6. The highest BCUT2D eigenvalue weighted by Gasteiger charge is 2.19. The van der Waals surface area contributed by atoms with Gasteiger partial charge >= 0.3 is 0 Å². The average Bonchev–Trinajstić information content (AvgIpc) is 3.61. The molecule has 10 aromatic rings. The van der Waals surface area contributed by atoms with Crippen molar-refractivity contribution in [2.24, 2.45) is 0 Å². The summed E-state index contributed by atoms with van der Waals surface area (Å²) in [4.78, 5) is 7.41. The predicted octanol–water partition coefficient (Wildman–Crippen LogP) is 13.8. The number of furan rings is 1. The predicted molar refractivity (Wildman–Crippen MR) is 218 cm³/mol. The number of para-hydroxylation sites is 1. The zero-order valence-corrected chi connectivity index (χ0v) is 28.3. The summed E-state index contributed by atoms with van der Waals surface area (Å²) in [6.45, 7) is 0. The summed E-state index contributed by atoms with van der Waals surface area (Å²) in [6.07, 6.45) is 1.97. The van der Waals surface area contributed by atoms with Crippen LogP contribution in [0.4, 0.5) is 17.1 Å². The molecule has 244 valence electrons. The van der Waals surface area contributed by atoms with Crippen LogP contribution in [0.3, 0.4) is 0 Å². The molecule has 0 aliphatic heterocycles. The molecule has 0 bridgehead atoms. The minimum Gasteiger partial charge on any atom is -0.454 e. The second-order valence-corrected chi connectivity index (χ2v) is 13.2. The lowest BCUT2D eigenvalue weighted by Crippen LogP contribution is -2.10. The van der Waals surface area contributed by atoms with Crippen LogP contribution in [0, 0.1) is 0 Å². The second-order valence-electron chi connectivity index (χ2n) is 13.2. The lowest BCUT2D eigenvalue weighted by molar-refractivity contribution is 0.671. The van der Waals surface area contributed by atoms with Gasteiger partial charge in [0, 0.05) is 27.5 Å². The van der Waals surface area contributed by atoms with Gasteiger partial charge in [-0.2, -0.15) is 0 Å². The minimum absolute atomic E-state index is 0.814. The van der Waals surface area contributed by atoms with E-state index in [2.05, 4.69) is 181 Å². The van der Waals surface area contributed by atoms with Crippen LogP contribution >= 0.6 is 0 Å². The fraction of sp³-hybridized carbons (Fsp3) is 0. The maximum atomic E-state index is 6.37. The zero-order chi connectivity index (χ0) is 34.4. The number of anilines is 3. The maximum absolute atomic E-state index is 6.37. The normalized spacial score (nSPS) is 11.5. The lowest BCUT2D eigenvalue weighted by Gasteiger charge is -2.27. The molecule has 0 spiro atoms. The Morgan fingerprint density at radius 3 is 1.88 bits per heavy atom. The Hall–Kier alpha value is -6.97. The van der Waals surface area contributed by atoms with Crippen molar-refractivity contribution in [1.29, 1.82) is 0 Å². The SMILES string of the molecule is c1ccc(-c2ccc(N(c3ccc(-c4ccccc4)c(-c4cccc5ccccc45)c3)c3cnc4c(ccc5c6ccccc6oc54)c3)cc2)cc1. The minimum atomic E-state index is 0.814. The van der Waals surface area contributed by atoms with Gasteiger partial charge in [0.2, 0.25) is 0 Å². The second kappa shape index (κ2) is 12.4. The van der Waals surface area contributed by atoms with E-state index in [1.165, 1.54) is 44.2 Å². The van der Waals surface area contributed by atoms with Crippen LogP contribution in [0.1, 0.15) is 0 Å². The Labute approximate surface area is 301 Å². The Morgan fingerprint density at radius 2 is 1.06 bits per heavy atom. The van der Waals surface area contributed by atoms with Gasteiger partial charge in [0.05, 0.1) is 11.9 Å². The van der Waals surface area contributed by atoms with E-state index in [0.29, 0.717) is 0 Å². The molecule has 0 unspecified atom stereocenters. The van der Waals surface area contributed by atoms with Crippen molar-refractivity contribution in [3.8, 4) is 33.4 Å². The number of hydrogen-bond donors (Lipinski definition) is 0. The van der Waals surface area contributed by atoms with E-state index < -0.39 is 0 Å². The van der Waals surface area contributed by atoms with Crippen molar-refractivity contribution >= 4 is 60.7 Å². The number of benzene rings is 8. The molecule has 10 rings (SSSR count). The zero-order valence-electron chi connectivity index (χ0n) is 28.3. The third-order valence-corrected chi connectivity index (χ3v) is 10.1. The first kappa shape index (κ1) is 29.9. The van der Waals surface area contributed by atoms with Crippen LogP contribution < -0.4 is 4.90 Å². The van der Waals surface area contributed by atoms with E-state index >= 15 is 0 Å². The Bertz CT molecular complexity index is 2890. The van der Waals surface area contributed by atoms with E-state index in [1.54, 1.807) is 0 Å². The highest BCUT2D eigenvalue weighted by Crippen LogP contribution is 2.43. The molecule has 0 aliphatic rings. The molecule has 0 saturated heterocycles. The first-order valence-electron chi connectivity index (χ1n) is 17.6. The van der Waals surface area contributed by atoms with E-state index in [4.69, 9.17) is 9.40 Å². The van der Waals surface area contributed by atoms with Crippen LogP contribution in [-0.2, 0) is 0 Å². The largest absolute Gasteiger partial charge is 0.454 e. The molecular formula is C49H32N2O. The van der Waals surface area contributed by atoms with Crippen molar-refractivity contribution in [2.75, 3.05) is 4.90 Å². The molecule has 0 N–H and O–H groups in total. The van der Waals surface area contributed by atoms with E-state index in [0.717, 1.165) is 49.9 Å². The van der Waals surface area contributed by atoms with Crippen LogP contribution in [0.5, 0.6) is 0 Å². The number of nitrogens with zero attached hydrogens (tertiary/aromatic N) is 2. The molecule has 0 amide bonds. The van der Waals surface area contributed by atoms with Gasteiger partial charge in [0.25, 0.3) is 0 Å². The Morgan fingerprint density at radius 1 is 0.385 bits per heavy atom. The molecule has 52 heavy (non-hydrogen) atoms. The molecule has 0 atom stereocenters. The van der Waals surface area contributed by atoms with Gasteiger partial charge in [-0.25, -0.2) is 0 Å². The van der Waals surface area contributed by atoms with Crippen molar-refractivity contribution < 1.29 is 4.42 Å². The third kappa shape index (κ3) is 5.10. The fourth-order valence-corrected chi connectivity index (χ4v) is 7.59. The molecule has 0 saturated carbocycles. The van der Waals surface area contributed by atoms with Gasteiger partial charge < -0.3 is 9.32 Å². The molecule has 3 nitrogen and oxygen atoms in total. The van der Waals surface area contributed by atoms with Gasteiger partial charge in [-0.1, -0.05) is 146 Å². The van der Waals surface area contributed by atoms with Crippen molar-refractivity contribution in [2.45, 2.75) is 0 Å². The van der Waals surface area contributed by atoms with Crippen molar-refractivity contribution in [3.63, 3.8) is 0 Å². The smallest absolute Gasteiger partial charge is 0.161 e. The number of pyridine rings is 1. The molecular weight excluding hydrogens is 633 g/mol.